The monoisotopic (exact) mass is 450 g/mol. The van der Waals surface area contributed by atoms with Crippen LogP contribution >= 0.6 is 0 Å². The van der Waals surface area contributed by atoms with E-state index in [4.69, 9.17) is 4.74 Å². The number of hydrogen-bond donors (Lipinski definition) is 3. The lowest BCUT2D eigenvalue weighted by molar-refractivity contribution is 0.0980. The van der Waals surface area contributed by atoms with Gasteiger partial charge in [0.1, 0.15) is 5.75 Å². The first-order valence-corrected chi connectivity index (χ1v) is 11.4. The molecule has 2 atom stereocenters. The number of carboxylic acid groups (broad SMARTS) is 1. The molecule has 8 nitrogen and oxygen atoms in total. The molecule has 31 heavy (non-hydrogen) atoms. The third kappa shape index (κ3) is 7.23. The van der Waals surface area contributed by atoms with Crippen molar-refractivity contribution in [3.8, 4) is 5.75 Å². The van der Waals surface area contributed by atoms with Crippen molar-refractivity contribution in [1.82, 2.24) is 9.62 Å². The fourth-order valence-corrected chi connectivity index (χ4v) is 4.84. The van der Waals surface area contributed by atoms with E-state index < -0.39 is 28.3 Å². The Morgan fingerprint density at radius 2 is 1.68 bits per heavy atom. The number of hydrogen-bond acceptors (Lipinski definition) is 5. The Kier molecular flexibility index (Phi) is 8.85. The third-order valence-electron chi connectivity index (χ3n) is 4.73. The molecular formula is C22H30N2O6S. The first kappa shape index (κ1) is 24.6. The summed E-state index contributed by atoms with van der Waals surface area (Å²) in [5.41, 5.74) is 0.828. The Balaban J connectivity index is 2.27. The Labute approximate surface area is 183 Å². The summed E-state index contributed by atoms with van der Waals surface area (Å²) in [4.78, 5) is 11.4. The number of ether oxygens (including phenoxy) is 1. The van der Waals surface area contributed by atoms with Crippen molar-refractivity contribution in [2.45, 2.75) is 37.3 Å². The van der Waals surface area contributed by atoms with Gasteiger partial charge in [0.15, 0.2) is 0 Å². The number of aliphatic hydroxyl groups is 1. The van der Waals surface area contributed by atoms with Crippen LogP contribution < -0.4 is 10.1 Å². The normalized spacial score (nSPS) is 13.7. The van der Waals surface area contributed by atoms with Gasteiger partial charge in [0, 0.05) is 13.1 Å². The predicted molar refractivity (Wildman–Crippen MR) is 118 cm³/mol. The molecule has 2 rings (SSSR count). The Morgan fingerprint density at radius 1 is 1.06 bits per heavy atom. The van der Waals surface area contributed by atoms with Crippen molar-refractivity contribution in [3.05, 3.63) is 60.2 Å². The quantitative estimate of drug-likeness (QED) is 0.485. The molecule has 170 valence electrons. The summed E-state index contributed by atoms with van der Waals surface area (Å²) in [6, 6.07) is 14.3. The zero-order valence-corrected chi connectivity index (χ0v) is 18.7. The first-order valence-electron chi connectivity index (χ1n) is 9.99. The molecule has 2 aromatic carbocycles. The number of carbonyl (C=O) groups is 1. The van der Waals surface area contributed by atoms with E-state index in [1.165, 1.54) is 23.5 Å². The van der Waals surface area contributed by atoms with Crippen LogP contribution in [0.25, 0.3) is 0 Å². The molecular weight excluding hydrogens is 420 g/mol. The van der Waals surface area contributed by atoms with Crippen LogP contribution in [0.3, 0.4) is 0 Å². The van der Waals surface area contributed by atoms with Crippen molar-refractivity contribution in [1.29, 1.82) is 0 Å². The van der Waals surface area contributed by atoms with Crippen molar-refractivity contribution in [3.63, 3.8) is 0 Å². The molecule has 0 spiro atoms. The van der Waals surface area contributed by atoms with Crippen molar-refractivity contribution < 1.29 is 28.2 Å². The molecule has 0 aliphatic heterocycles. The van der Waals surface area contributed by atoms with Crippen LogP contribution in [0.5, 0.6) is 5.75 Å². The van der Waals surface area contributed by atoms with Gasteiger partial charge in [-0.05, 0) is 42.2 Å². The minimum Gasteiger partial charge on any atom is -0.497 e. The average molecular weight is 451 g/mol. The first-order chi connectivity index (χ1) is 14.6. The Bertz CT molecular complexity index is 932. The molecule has 0 saturated carbocycles. The van der Waals surface area contributed by atoms with E-state index in [1.807, 2.05) is 44.2 Å². The van der Waals surface area contributed by atoms with E-state index in [0.29, 0.717) is 5.75 Å². The van der Waals surface area contributed by atoms with Crippen LogP contribution in [0.15, 0.2) is 59.5 Å². The highest BCUT2D eigenvalue weighted by atomic mass is 32.2. The molecule has 1 amide bonds. The minimum absolute atomic E-state index is 0.000213. The fraction of sp³-hybridized carbons (Fsp3) is 0.409. The van der Waals surface area contributed by atoms with Crippen LogP contribution in [-0.2, 0) is 16.4 Å². The van der Waals surface area contributed by atoms with Gasteiger partial charge in [-0.25, -0.2) is 13.2 Å². The average Bonchev–Trinajstić information content (AvgIpc) is 2.73. The largest absolute Gasteiger partial charge is 0.497 e. The van der Waals surface area contributed by atoms with Gasteiger partial charge in [-0.3, -0.25) is 0 Å². The fourth-order valence-electron chi connectivity index (χ4n) is 3.22. The van der Waals surface area contributed by atoms with Crippen molar-refractivity contribution >= 4 is 16.1 Å². The van der Waals surface area contributed by atoms with Crippen LogP contribution in [0, 0.1) is 5.92 Å². The van der Waals surface area contributed by atoms with E-state index in [2.05, 4.69) is 5.32 Å². The molecule has 0 aromatic heterocycles. The molecule has 0 radical (unpaired) electrons. The van der Waals surface area contributed by atoms with E-state index in [-0.39, 0.29) is 30.3 Å². The number of amides is 1. The maximum atomic E-state index is 13.2. The highest BCUT2D eigenvalue weighted by molar-refractivity contribution is 7.89. The lowest BCUT2D eigenvalue weighted by atomic mass is 10.0. The number of rotatable bonds is 11. The minimum atomic E-state index is -3.91. The molecule has 0 unspecified atom stereocenters. The third-order valence-corrected chi connectivity index (χ3v) is 6.57. The summed E-state index contributed by atoms with van der Waals surface area (Å²) >= 11 is 0. The number of benzene rings is 2. The molecule has 0 saturated heterocycles. The standard InChI is InChI=1S/C22H30N2O6S/c1-16(2)14-24(31(28,29)19-11-9-18(30-3)10-12-19)15-21(25)20(23-22(26)27)13-17-7-5-4-6-8-17/h4-12,16,20-21,23,25H,13-15H2,1-3H3,(H,26,27)/t20-,21-/m0/s1. The second-order valence-corrected chi connectivity index (χ2v) is 9.64. The van der Waals surface area contributed by atoms with Gasteiger partial charge < -0.3 is 20.3 Å². The lowest BCUT2D eigenvalue weighted by Crippen LogP contribution is -2.50. The van der Waals surface area contributed by atoms with E-state index in [9.17, 15) is 23.4 Å². The SMILES string of the molecule is COc1ccc(S(=O)(=O)N(CC(C)C)C[C@H](O)[C@H](Cc2ccccc2)NC(=O)O)cc1. The topological polar surface area (TPSA) is 116 Å². The van der Waals surface area contributed by atoms with Gasteiger partial charge in [0.05, 0.1) is 24.2 Å². The number of aliphatic hydroxyl groups excluding tert-OH is 1. The molecule has 9 heteroatoms. The summed E-state index contributed by atoms with van der Waals surface area (Å²) in [7, 11) is -2.42. The molecule has 0 fully saturated rings. The smallest absolute Gasteiger partial charge is 0.404 e. The summed E-state index contributed by atoms with van der Waals surface area (Å²) < 4.78 is 32.8. The highest BCUT2D eigenvalue weighted by Crippen LogP contribution is 2.21. The number of sulfonamides is 1. The Hall–Kier alpha value is -2.62. The molecule has 0 heterocycles. The Morgan fingerprint density at radius 3 is 2.19 bits per heavy atom. The van der Waals surface area contributed by atoms with Crippen molar-refractivity contribution in [2.75, 3.05) is 20.2 Å². The van der Waals surface area contributed by atoms with Crippen LogP contribution in [-0.4, -0.2) is 61.4 Å². The second-order valence-electron chi connectivity index (χ2n) is 7.70. The highest BCUT2D eigenvalue weighted by Gasteiger charge is 2.31. The molecule has 0 bridgehead atoms. The molecule has 0 aliphatic carbocycles. The van der Waals surface area contributed by atoms with Gasteiger partial charge in [-0.2, -0.15) is 4.31 Å². The van der Waals surface area contributed by atoms with E-state index >= 15 is 0 Å². The summed E-state index contributed by atoms with van der Waals surface area (Å²) in [6.07, 6.45) is -2.30. The lowest BCUT2D eigenvalue weighted by Gasteiger charge is -2.30. The van der Waals surface area contributed by atoms with Gasteiger partial charge in [-0.1, -0.05) is 44.2 Å². The maximum Gasteiger partial charge on any atom is 0.404 e. The zero-order valence-electron chi connectivity index (χ0n) is 17.9. The summed E-state index contributed by atoms with van der Waals surface area (Å²) in [5.74, 6) is 0.531. The maximum absolute atomic E-state index is 13.2. The number of nitrogens with zero attached hydrogens (tertiary/aromatic N) is 1. The van der Waals surface area contributed by atoms with Gasteiger partial charge in [-0.15, -0.1) is 0 Å². The van der Waals surface area contributed by atoms with E-state index in [0.717, 1.165) is 5.56 Å². The van der Waals surface area contributed by atoms with E-state index in [1.54, 1.807) is 12.1 Å². The van der Waals surface area contributed by atoms with Crippen molar-refractivity contribution in [2.24, 2.45) is 5.92 Å². The predicted octanol–water partition coefficient (Wildman–Crippen LogP) is 2.58. The van der Waals surface area contributed by atoms with Gasteiger partial charge in [0.2, 0.25) is 10.0 Å². The second kappa shape index (κ2) is 11.1. The zero-order chi connectivity index (χ0) is 23.0. The van der Waals surface area contributed by atoms with Crippen LogP contribution in [0.1, 0.15) is 19.4 Å². The van der Waals surface area contributed by atoms with Crippen LogP contribution in [0.2, 0.25) is 0 Å². The summed E-state index contributed by atoms with van der Waals surface area (Å²) in [5, 5.41) is 22.4. The van der Waals surface area contributed by atoms with Gasteiger partial charge in [0.25, 0.3) is 0 Å². The number of nitrogens with one attached hydrogen (secondary N) is 1. The van der Waals surface area contributed by atoms with Gasteiger partial charge >= 0.3 is 6.09 Å². The number of methoxy groups -OCH3 is 1. The molecule has 2 aromatic rings. The molecule has 3 N–H and O–H groups in total. The summed E-state index contributed by atoms with van der Waals surface area (Å²) in [6.45, 7) is 3.68. The van der Waals surface area contributed by atoms with Crippen LogP contribution in [0.4, 0.5) is 4.79 Å². The molecule has 0 aliphatic rings.